The second-order valence-electron chi connectivity index (χ2n) is 9.24. The summed E-state index contributed by atoms with van der Waals surface area (Å²) in [7, 11) is 5.33. The number of ketones is 1. The molecule has 1 saturated heterocycles. The number of fused-ring (bicyclic) bond motifs is 2. The summed E-state index contributed by atoms with van der Waals surface area (Å²) in [6, 6.07) is 8.60. The minimum atomic E-state index is -0.358. The van der Waals surface area contributed by atoms with Crippen LogP contribution in [-0.2, 0) is 0 Å². The summed E-state index contributed by atoms with van der Waals surface area (Å²) >= 11 is 0. The van der Waals surface area contributed by atoms with E-state index in [9.17, 15) is 9.59 Å². The number of rotatable bonds is 6. The number of allylic oxidation sites excluding steroid dienone is 1. The van der Waals surface area contributed by atoms with Crippen molar-refractivity contribution < 1.29 is 19.1 Å². The summed E-state index contributed by atoms with van der Waals surface area (Å²) in [4.78, 5) is 32.9. The number of amides is 2. The summed E-state index contributed by atoms with van der Waals surface area (Å²) in [6.07, 6.45) is 7.91. The Morgan fingerprint density at radius 2 is 1.97 bits per heavy atom. The van der Waals surface area contributed by atoms with Crippen LogP contribution in [0.1, 0.15) is 21.5 Å². The van der Waals surface area contributed by atoms with Gasteiger partial charge in [-0.3, -0.25) is 9.69 Å². The highest BCUT2D eigenvalue weighted by Gasteiger charge is 2.28. The molecule has 9 nitrogen and oxygen atoms in total. The largest absolute Gasteiger partial charge is 0.497 e. The first-order chi connectivity index (χ1) is 17.9. The Bertz CT molecular complexity index is 1400. The van der Waals surface area contributed by atoms with E-state index in [4.69, 9.17) is 9.47 Å². The molecule has 0 radical (unpaired) electrons. The van der Waals surface area contributed by atoms with E-state index in [2.05, 4.69) is 44.6 Å². The van der Waals surface area contributed by atoms with Crippen LogP contribution in [0, 0.1) is 0 Å². The monoisotopic (exact) mass is 501 g/mol. The molecule has 0 saturated carbocycles. The maximum atomic E-state index is 13.1. The Balaban J connectivity index is 1.40. The number of hydrogen-bond acceptors (Lipinski definition) is 6. The summed E-state index contributed by atoms with van der Waals surface area (Å²) in [5, 5.41) is 6.10. The molecule has 3 heterocycles. The molecule has 0 aliphatic carbocycles. The number of Topliss-reactive ketones (excluding diaryl/α,β-unsaturated/α-hetero) is 1. The number of urea groups is 1. The van der Waals surface area contributed by atoms with Gasteiger partial charge in [0.15, 0.2) is 5.76 Å². The Kier molecular flexibility index (Phi) is 6.98. The Morgan fingerprint density at radius 1 is 1.16 bits per heavy atom. The highest BCUT2D eigenvalue weighted by atomic mass is 16.5. The predicted octanol–water partition coefficient (Wildman–Crippen LogP) is 3.80. The lowest BCUT2D eigenvalue weighted by atomic mass is 10.1. The van der Waals surface area contributed by atoms with Gasteiger partial charge in [-0.1, -0.05) is 12.2 Å². The van der Waals surface area contributed by atoms with E-state index in [0.717, 1.165) is 60.5 Å². The molecule has 1 aromatic heterocycles. The normalized spacial score (nSPS) is 17.4. The molecule has 9 heteroatoms. The van der Waals surface area contributed by atoms with E-state index in [-0.39, 0.29) is 17.6 Å². The molecule has 0 spiro atoms. The standard InChI is InChI=1S/C28H31N5O4/c1-29-28(35)31-20-6-7-24-23(15-20)27(34)25(37-24)14-19-17-30-26-18(13-21(36-3)16-22(19)26)5-4-8-33-11-9-32(2)10-12-33/h4-7,13-17,30H,8-12H2,1-3H3,(H2,29,31,35)/b5-4+,25-14-. The smallest absolute Gasteiger partial charge is 0.318 e. The van der Waals surface area contributed by atoms with Gasteiger partial charge in [0, 0.05) is 68.2 Å². The quantitative estimate of drug-likeness (QED) is 0.445. The maximum Gasteiger partial charge on any atom is 0.318 e. The lowest BCUT2D eigenvalue weighted by Gasteiger charge is -2.31. The number of aromatic nitrogens is 1. The van der Waals surface area contributed by atoms with Crippen LogP contribution in [0.25, 0.3) is 23.1 Å². The average molecular weight is 502 g/mol. The predicted molar refractivity (Wildman–Crippen MR) is 145 cm³/mol. The van der Waals surface area contributed by atoms with Crippen LogP contribution in [0.3, 0.4) is 0 Å². The molecule has 37 heavy (non-hydrogen) atoms. The van der Waals surface area contributed by atoms with Crippen molar-refractivity contribution in [1.82, 2.24) is 20.1 Å². The van der Waals surface area contributed by atoms with Crippen molar-refractivity contribution in [3.8, 4) is 11.5 Å². The van der Waals surface area contributed by atoms with Gasteiger partial charge in [-0.05, 0) is 43.5 Å². The fourth-order valence-corrected chi connectivity index (χ4v) is 4.58. The third kappa shape index (κ3) is 5.23. The van der Waals surface area contributed by atoms with Crippen LogP contribution in [-0.4, -0.2) is 80.5 Å². The molecule has 2 amide bonds. The van der Waals surface area contributed by atoms with Gasteiger partial charge >= 0.3 is 6.03 Å². The van der Waals surface area contributed by atoms with Gasteiger partial charge in [0.25, 0.3) is 0 Å². The van der Waals surface area contributed by atoms with E-state index >= 15 is 0 Å². The molecule has 3 aromatic rings. The highest BCUT2D eigenvalue weighted by Crippen LogP contribution is 2.35. The van der Waals surface area contributed by atoms with Crippen LogP contribution in [0.5, 0.6) is 11.5 Å². The first-order valence-corrected chi connectivity index (χ1v) is 12.3. The van der Waals surface area contributed by atoms with Crippen molar-refractivity contribution in [3.63, 3.8) is 0 Å². The SMILES string of the molecule is CNC(=O)Nc1ccc2c(c1)C(=O)/C(=C/c1c[nH]c3c(/C=C/CN4CCN(C)CC4)cc(OC)cc13)O2. The fraction of sp³-hybridized carbons (Fsp3) is 0.286. The second-order valence-corrected chi connectivity index (χ2v) is 9.24. The number of carbonyl (C=O) groups is 2. The fourth-order valence-electron chi connectivity index (χ4n) is 4.58. The molecule has 2 aliphatic rings. The minimum absolute atomic E-state index is 0.225. The number of anilines is 1. The van der Waals surface area contributed by atoms with Crippen LogP contribution < -0.4 is 20.1 Å². The van der Waals surface area contributed by atoms with E-state index in [0.29, 0.717) is 17.0 Å². The van der Waals surface area contributed by atoms with Crippen molar-refractivity contribution in [1.29, 1.82) is 0 Å². The zero-order valence-electron chi connectivity index (χ0n) is 21.3. The number of hydrogen-bond donors (Lipinski definition) is 3. The van der Waals surface area contributed by atoms with Gasteiger partial charge in [0.05, 0.1) is 18.2 Å². The number of likely N-dealkylation sites (N-methyl/N-ethyl adjacent to an activating group) is 1. The molecule has 5 rings (SSSR count). The van der Waals surface area contributed by atoms with Gasteiger partial charge < -0.3 is 30.0 Å². The minimum Gasteiger partial charge on any atom is -0.497 e. The second kappa shape index (κ2) is 10.5. The molecule has 0 unspecified atom stereocenters. The number of carbonyl (C=O) groups excluding carboxylic acids is 2. The number of nitrogens with zero attached hydrogens (tertiary/aromatic N) is 2. The number of methoxy groups -OCH3 is 1. The van der Waals surface area contributed by atoms with Crippen molar-refractivity contribution in [3.05, 3.63) is 65.1 Å². The van der Waals surface area contributed by atoms with Crippen molar-refractivity contribution in [2.75, 3.05) is 59.2 Å². The zero-order valence-corrected chi connectivity index (χ0v) is 21.3. The van der Waals surface area contributed by atoms with Gasteiger partial charge in [-0.2, -0.15) is 0 Å². The zero-order chi connectivity index (χ0) is 25.9. The van der Waals surface area contributed by atoms with Gasteiger partial charge in [0.1, 0.15) is 11.5 Å². The Hall–Kier alpha value is -4.08. The third-order valence-corrected chi connectivity index (χ3v) is 6.76. The van der Waals surface area contributed by atoms with Crippen LogP contribution >= 0.6 is 0 Å². The summed E-state index contributed by atoms with van der Waals surface area (Å²) < 4.78 is 11.4. The maximum absolute atomic E-state index is 13.1. The number of ether oxygens (including phenoxy) is 2. The van der Waals surface area contributed by atoms with Gasteiger partial charge in [-0.15, -0.1) is 0 Å². The van der Waals surface area contributed by atoms with Gasteiger partial charge in [0.2, 0.25) is 5.78 Å². The summed E-state index contributed by atoms with van der Waals surface area (Å²) in [5.74, 6) is 1.18. The molecule has 3 N–H and O–H groups in total. The lowest BCUT2D eigenvalue weighted by Crippen LogP contribution is -2.44. The van der Waals surface area contributed by atoms with Crippen LogP contribution in [0.2, 0.25) is 0 Å². The topological polar surface area (TPSA) is 98.9 Å². The first-order valence-electron chi connectivity index (χ1n) is 12.3. The van der Waals surface area contributed by atoms with E-state index in [1.165, 1.54) is 7.05 Å². The summed E-state index contributed by atoms with van der Waals surface area (Å²) in [6.45, 7) is 5.19. The van der Waals surface area contributed by atoms with Crippen LogP contribution in [0.4, 0.5) is 10.5 Å². The molecular formula is C28H31N5O4. The van der Waals surface area contributed by atoms with E-state index < -0.39 is 0 Å². The molecule has 0 bridgehead atoms. The average Bonchev–Trinajstić information content (AvgIpc) is 3.45. The van der Waals surface area contributed by atoms with Crippen molar-refractivity contribution >= 4 is 40.6 Å². The van der Waals surface area contributed by atoms with Crippen molar-refractivity contribution in [2.24, 2.45) is 0 Å². The molecule has 0 atom stereocenters. The Labute approximate surface area is 215 Å². The first kappa shape index (κ1) is 24.6. The molecular weight excluding hydrogens is 470 g/mol. The number of benzene rings is 2. The number of H-pyrrole nitrogens is 1. The number of aromatic amines is 1. The molecule has 2 aromatic carbocycles. The summed E-state index contributed by atoms with van der Waals surface area (Å²) in [5.41, 5.74) is 3.72. The van der Waals surface area contributed by atoms with Crippen molar-refractivity contribution in [2.45, 2.75) is 0 Å². The molecule has 2 aliphatic heterocycles. The molecule has 1 fully saturated rings. The molecule has 192 valence electrons. The van der Waals surface area contributed by atoms with E-state index in [1.54, 1.807) is 31.4 Å². The van der Waals surface area contributed by atoms with Gasteiger partial charge in [-0.25, -0.2) is 4.79 Å². The highest BCUT2D eigenvalue weighted by molar-refractivity contribution is 6.16. The lowest BCUT2D eigenvalue weighted by molar-refractivity contribution is 0.101. The number of piperazine rings is 1. The third-order valence-electron chi connectivity index (χ3n) is 6.76. The number of nitrogens with one attached hydrogen (secondary N) is 3. The Morgan fingerprint density at radius 3 is 2.73 bits per heavy atom. The van der Waals surface area contributed by atoms with E-state index in [1.807, 2.05) is 18.3 Å². The van der Waals surface area contributed by atoms with Crippen LogP contribution in [0.15, 0.2) is 48.4 Å².